The molecular formula is C9H16OS. The Hall–Kier alpha value is -0.240. The summed E-state index contributed by atoms with van der Waals surface area (Å²) < 4.78 is 0. The minimum atomic E-state index is 0.270. The Morgan fingerprint density at radius 2 is 2.00 bits per heavy atom. The van der Waals surface area contributed by atoms with Gasteiger partial charge in [-0.2, -0.15) is 0 Å². The Labute approximate surface area is 74.2 Å². The molecule has 0 saturated carbocycles. The van der Waals surface area contributed by atoms with Crippen molar-refractivity contribution < 1.29 is 4.79 Å². The van der Waals surface area contributed by atoms with Gasteiger partial charge >= 0.3 is 0 Å². The summed E-state index contributed by atoms with van der Waals surface area (Å²) in [7, 11) is 0. The van der Waals surface area contributed by atoms with Gasteiger partial charge in [-0.05, 0) is 12.8 Å². The highest BCUT2D eigenvalue weighted by Gasteiger charge is 2.02. The molecule has 0 aliphatic carbocycles. The summed E-state index contributed by atoms with van der Waals surface area (Å²) in [5, 5.41) is 0. The lowest BCUT2D eigenvalue weighted by Gasteiger charge is -1.99. The van der Waals surface area contributed by atoms with Crippen molar-refractivity contribution in [1.82, 2.24) is 0 Å². The molecule has 0 N–H and O–H groups in total. The Bertz CT molecular complexity index is 140. The summed E-state index contributed by atoms with van der Waals surface area (Å²) >= 11 is 5.04. The van der Waals surface area contributed by atoms with E-state index in [9.17, 15) is 4.79 Å². The van der Waals surface area contributed by atoms with Gasteiger partial charge in [-0.3, -0.25) is 4.79 Å². The molecule has 0 atom stereocenters. The monoisotopic (exact) mass is 172 g/mol. The zero-order valence-corrected chi connectivity index (χ0v) is 8.17. The number of unbranched alkanes of at least 4 members (excludes halogenated alkanes) is 1. The van der Waals surface area contributed by atoms with E-state index in [0.29, 0.717) is 12.8 Å². The molecule has 0 amide bonds. The lowest BCUT2D eigenvalue weighted by Crippen LogP contribution is -2.03. The van der Waals surface area contributed by atoms with E-state index in [0.717, 1.165) is 24.1 Å². The van der Waals surface area contributed by atoms with E-state index in [1.54, 1.807) is 0 Å². The normalized spacial score (nSPS) is 9.64. The second kappa shape index (κ2) is 6.47. The van der Waals surface area contributed by atoms with E-state index in [4.69, 9.17) is 12.2 Å². The number of Topliss-reactive ketones (excluding diaryl/α,β-unsaturated/α-hetero) is 1. The van der Waals surface area contributed by atoms with Crippen molar-refractivity contribution in [2.45, 2.75) is 46.0 Å². The van der Waals surface area contributed by atoms with Gasteiger partial charge in [0.25, 0.3) is 0 Å². The summed E-state index contributed by atoms with van der Waals surface area (Å²) in [6.07, 6.45) is 4.35. The number of hydrogen-bond acceptors (Lipinski definition) is 2. The summed E-state index contributed by atoms with van der Waals surface area (Å²) in [5.41, 5.74) is 0. The quantitative estimate of drug-likeness (QED) is 0.573. The van der Waals surface area contributed by atoms with Crippen LogP contribution in [-0.4, -0.2) is 10.6 Å². The number of carbonyl (C=O) groups excluding carboxylic acids is 1. The summed E-state index contributed by atoms with van der Waals surface area (Å²) in [6, 6.07) is 0. The molecule has 11 heavy (non-hydrogen) atoms. The lowest BCUT2D eigenvalue weighted by molar-refractivity contribution is -0.117. The van der Waals surface area contributed by atoms with Gasteiger partial charge < -0.3 is 0 Å². The van der Waals surface area contributed by atoms with E-state index < -0.39 is 0 Å². The zero-order valence-electron chi connectivity index (χ0n) is 7.35. The molecule has 0 fully saturated rings. The van der Waals surface area contributed by atoms with Crippen LogP contribution in [0.3, 0.4) is 0 Å². The molecule has 0 spiro atoms. The molecule has 0 aliphatic heterocycles. The molecule has 0 heterocycles. The van der Waals surface area contributed by atoms with Crippen molar-refractivity contribution in [3.8, 4) is 0 Å². The molecular weight excluding hydrogens is 156 g/mol. The fraction of sp³-hybridized carbons (Fsp3) is 0.778. The van der Waals surface area contributed by atoms with Crippen molar-refractivity contribution in [2.24, 2.45) is 0 Å². The highest BCUT2D eigenvalue weighted by molar-refractivity contribution is 7.80. The third-order valence-corrected chi connectivity index (χ3v) is 1.95. The van der Waals surface area contributed by atoms with Crippen LogP contribution in [0.4, 0.5) is 0 Å². The molecule has 0 rings (SSSR count). The SMILES string of the molecule is CCCCC(=S)CC(=O)CC. The van der Waals surface area contributed by atoms with E-state index in [1.807, 2.05) is 6.92 Å². The molecule has 0 unspecified atom stereocenters. The van der Waals surface area contributed by atoms with Crippen LogP contribution in [0.25, 0.3) is 0 Å². The second-order valence-electron chi connectivity index (χ2n) is 2.71. The number of hydrogen-bond donors (Lipinski definition) is 0. The molecule has 2 heteroatoms. The summed E-state index contributed by atoms with van der Waals surface area (Å²) in [5.74, 6) is 0.270. The first-order chi connectivity index (χ1) is 5.20. The Balaban J connectivity index is 3.44. The molecule has 64 valence electrons. The number of thiocarbonyl (C=S) groups is 1. The maximum atomic E-state index is 10.9. The van der Waals surface area contributed by atoms with Gasteiger partial charge in [0.15, 0.2) is 0 Å². The standard InChI is InChI=1S/C9H16OS/c1-3-5-6-9(11)7-8(10)4-2/h3-7H2,1-2H3. The maximum absolute atomic E-state index is 10.9. The summed E-state index contributed by atoms with van der Waals surface area (Å²) in [4.78, 5) is 11.8. The van der Waals surface area contributed by atoms with Gasteiger partial charge in [-0.1, -0.05) is 32.5 Å². The predicted octanol–water partition coefficient (Wildman–Crippen LogP) is 2.92. The Kier molecular flexibility index (Phi) is 6.33. The van der Waals surface area contributed by atoms with Crippen molar-refractivity contribution >= 4 is 22.9 Å². The average Bonchev–Trinajstić information content (AvgIpc) is 2.00. The fourth-order valence-corrected chi connectivity index (χ4v) is 1.11. The van der Waals surface area contributed by atoms with Crippen LogP contribution in [0.5, 0.6) is 0 Å². The number of carbonyl (C=O) groups is 1. The van der Waals surface area contributed by atoms with Crippen molar-refractivity contribution in [3.63, 3.8) is 0 Å². The second-order valence-corrected chi connectivity index (χ2v) is 3.29. The van der Waals surface area contributed by atoms with Gasteiger partial charge in [0.1, 0.15) is 5.78 Å². The number of ketones is 1. The van der Waals surface area contributed by atoms with E-state index in [2.05, 4.69) is 6.92 Å². The van der Waals surface area contributed by atoms with E-state index in [1.165, 1.54) is 0 Å². The van der Waals surface area contributed by atoms with Crippen LogP contribution in [0.15, 0.2) is 0 Å². The van der Waals surface area contributed by atoms with Crippen molar-refractivity contribution in [1.29, 1.82) is 0 Å². The van der Waals surface area contributed by atoms with Gasteiger partial charge in [0.05, 0.1) is 0 Å². The van der Waals surface area contributed by atoms with Crippen LogP contribution < -0.4 is 0 Å². The van der Waals surface area contributed by atoms with Crippen molar-refractivity contribution in [2.75, 3.05) is 0 Å². The average molecular weight is 172 g/mol. The van der Waals surface area contributed by atoms with Crippen LogP contribution in [0.1, 0.15) is 46.0 Å². The smallest absolute Gasteiger partial charge is 0.137 e. The first kappa shape index (κ1) is 10.8. The summed E-state index contributed by atoms with van der Waals surface area (Å²) in [6.45, 7) is 4.01. The highest BCUT2D eigenvalue weighted by atomic mass is 32.1. The minimum Gasteiger partial charge on any atom is -0.299 e. The van der Waals surface area contributed by atoms with Gasteiger partial charge in [0, 0.05) is 17.7 Å². The molecule has 0 radical (unpaired) electrons. The fourth-order valence-electron chi connectivity index (χ4n) is 0.807. The van der Waals surface area contributed by atoms with Crippen LogP contribution in [0, 0.1) is 0 Å². The largest absolute Gasteiger partial charge is 0.299 e. The van der Waals surface area contributed by atoms with E-state index in [-0.39, 0.29) is 5.78 Å². The van der Waals surface area contributed by atoms with Crippen LogP contribution in [0.2, 0.25) is 0 Å². The predicted molar refractivity (Wildman–Crippen MR) is 52.0 cm³/mol. The third-order valence-electron chi connectivity index (χ3n) is 1.60. The Morgan fingerprint density at radius 3 is 2.45 bits per heavy atom. The van der Waals surface area contributed by atoms with Crippen molar-refractivity contribution in [3.05, 3.63) is 0 Å². The molecule has 0 saturated heterocycles. The molecule has 0 aromatic carbocycles. The topological polar surface area (TPSA) is 17.1 Å². The zero-order chi connectivity index (χ0) is 8.69. The van der Waals surface area contributed by atoms with Crippen LogP contribution in [-0.2, 0) is 4.79 Å². The first-order valence-electron chi connectivity index (χ1n) is 4.24. The Morgan fingerprint density at radius 1 is 1.36 bits per heavy atom. The van der Waals surface area contributed by atoms with Crippen LogP contribution >= 0.6 is 12.2 Å². The molecule has 0 aromatic heterocycles. The van der Waals surface area contributed by atoms with Gasteiger partial charge in [-0.15, -0.1) is 0 Å². The van der Waals surface area contributed by atoms with E-state index >= 15 is 0 Å². The number of rotatable bonds is 6. The molecule has 1 nitrogen and oxygen atoms in total. The van der Waals surface area contributed by atoms with Gasteiger partial charge in [0.2, 0.25) is 0 Å². The molecule has 0 bridgehead atoms. The minimum absolute atomic E-state index is 0.270. The highest BCUT2D eigenvalue weighted by Crippen LogP contribution is 2.02. The third kappa shape index (κ3) is 6.17. The molecule has 0 aliphatic rings. The molecule has 0 aromatic rings. The maximum Gasteiger partial charge on any atom is 0.137 e. The first-order valence-corrected chi connectivity index (χ1v) is 4.64. The van der Waals surface area contributed by atoms with Gasteiger partial charge in [-0.25, -0.2) is 0 Å². The lowest BCUT2D eigenvalue weighted by atomic mass is 10.1.